The first-order valence-electron chi connectivity index (χ1n) is 9.01. The fraction of sp³-hybridized carbons (Fsp3) is 0.136. The molecule has 8 heteroatoms. The third-order valence-electron chi connectivity index (χ3n) is 4.18. The second-order valence-corrected chi connectivity index (χ2v) is 7.68. The second-order valence-electron chi connectivity index (χ2n) is 6.46. The molecule has 0 aliphatic heterocycles. The van der Waals surface area contributed by atoms with Crippen LogP contribution < -0.4 is 10.6 Å². The molecule has 1 aromatic heterocycles. The van der Waals surface area contributed by atoms with E-state index in [0.717, 1.165) is 5.56 Å². The minimum Gasteiger partial charge on any atom is -0.465 e. The lowest BCUT2D eigenvalue weighted by Gasteiger charge is -2.11. The Kier molecular flexibility index (Phi) is 7.21. The van der Waals surface area contributed by atoms with E-state index in [1.54, 1.807) is 42.5 Å². The standard InChI is InChI=1S/C22H19ClN2O4S/c1-29-22(28)17-7-15(12-24-21(27)16-3-2-4-18(23)10-16)8-19(11-17)25-20(26)9-14-5-6-30-13-14/h2-8,10-11,13H,9,12H2,1H3,(H,24,27)(H,25,26). The number of ether oxygens (including phenoxy) is 1. The normalized spacial score (nSPS) is 10.3. The largest absolute Gasteiger partial charge is 0.465 e. The first kappa shape index (κ1) is 21.5. The number of anilines is 1. The zero-order valence-electron chi connectivity index (χ0n) is 16.1. The number of carbonyl (C=O) groups is 3. The predicted molar refractivity (Wildman–Crippen MR) is 117 cm³/mol. The maximum Gasteiger partial charge on any atom is 0.337 e. The van der Waals surface area contributed by atoms with Gasteiger partial charge >= 0.3 is 5.97 Å². The molecule has 2 N–H and O–H groups in total. The summed E-state index contributed by atoms with van der Waals surface area (Å²) in [6, 6.07) is 13.3. The van der Waals surface area contributed by atoms with Crippen molar-refractivity contribution in [3.63, 3.8) is 0 Å². The highest BCUT2D eigenvalue weighted by Crippen LogP contribution is 2.18. The van der Waals surface area contributed by atoms with Crippen molar-refractivity contribution in [2.75, 3.05) is 12.4 Å². The van der Waals surface area contributed by atoms with Gasteiger partial charge in [0.2, 0.25) is 5.91 Å². The van der Waals surface area contributed by atoms with Crippen LogP contribution in [-0.4, -0.2) is 24.9 Å². The fourth-order valence-electron chi connectivity index (χ4n) is 2.80. The second kappa shape index (κ2) is 10.0. The molecular weight excluding hydrogens is 424 g/mol. The highest BCUT2D eigenvalue weighted by Gasteiger charge is 2.13. The Morgan fingerprint density at radius 1 is 1.03 bits per heavy atom. The fourth-order valence-corrected chi connectivity index (χ4v) is 3.66. The summed E-state index contributed by atoms with van der Waals surface area (Å²) >= 11 is 7.44. The Morgan fingerprint density at radius 3 is 2.57 bits per heavy atom. The molecule has 3 rings (SSSR count). The van der Waals surface area contributed by atoms with Crippen LogP contribution >= 0.6 is 22.9 Å². The maximum atomic E-state index is 12.4. The maximum absolute atomic E-state index is 12.4. The van der Waals surface area contributed by atoms with Gasteiger partial charge < -0.3 is 15.4 Å². The first-order valence-corrected chi connectivity index (χ1v) is 10.3. The van der Waals surface area contributed by atoms with Crippen LogP contribution in [-0.2, 0) is 22.5 Å². The summed E-state index contributed by atoms with van der Waals surface area (Å²) in [5.74, 6) is -1.04. The SMILES string of the molecule is COC(=O)c1cc(CNC(=O)c2cccc(Cl)c2)cc(NC(=O)Cc2ccsc2)c1. The number of amides is 2. The van der Waals surface area contributed by atoms with E-state index in [1.807, 2.05) is 16.8 Å². The Hall–Kier alpha value is -3.16. The van der Waals surface area contributed by atoms with E-state index in [1.165, 1.54) is 18.4 Å². The topological polar surface area (TPSA) is 84.5 Å². The van der Waals surface area contributed by atoms with Gasteiger partial charge in [0, 0.05) is 22.8 Å². The molecule has 0 atom stereocenters. The number of hydrogen-bond acceptors (Lipinski definition) is 5. The number of benzene rings is 2. The van der Waals surface area contributed by atoms with E-state index in [4.69, 9.17) is 16.3 Å². The Balaban J connectivity index is 1.74. The molecule has 0 fully saturated rings. The molecule has 0 saturated carbocycles. The molecule has 2 amide bonds. The molecule has 0 spiro atoms. The van der Waals surface area contributed by atoms with Crippen LogP contribution in [0, 0.1) is 0 Å². The third kappa shape index (κ3) is 5.92. The molecule has 0 bridgehead atoms. The lowest BCUT2D eigenvalue weighted by atomic mass is 10.1. The van der Waals surface area contributed by atoms with Gasteiger partial charge in [-0.3, -0.25) is 9.59 Å². The predicted octanol–water partition coefficient (Wildman–Crippen LogP) is 4.30. The molecular formula is C22H19ClN2O4S. The molecule has 3 aromatic rings. The number of thiophene rings is 1. The van der Waals surface area contributed by atoms with Crippen molar-refractivity contribution < 1.29 is 19.1 Å². The molecule has 2 aromatic carbocycles. The summed E-state index contributed by atoms with van der Waals surface area (Å²) in [5, 5.41) is 9.85. The van der Waals surface area contributed by atoms with Crippen molar-refractivity contribution in [2.24, 2.45) is 0 Å². The van der Waals surface area contributed by atoms with Crippen molar-refractivity contribution in [1.29, 1.82) is 0 Å². The number of nitrogens with one attached hydrogen (secondary N) is 2. The Labute approximate surface area is 182 Å². The van der Waals surface area contributed by atoms with E-state index < -0.39 is 5.97 Å². The number of hydrogen-bond donors (Lipinski definition) is 2. The molecule has 0 saturated heterocycles. The zero-order chi connectivity index (χ0) is 21.5. The van der Waals surface area contributed by atoms with Gasteiger partial charge in [-0.15, -0.1) is 0 Å². The van der Waals surface area contributed by atoms with E-state index in [2.05, 4.69) is 10.6 Å². The summed E-state index contributed by atoms with van der Waals surface area (Å²) in [6.45, 7) is 0.156. The van der Waals surface area contributed by atoms with Gasteiger partial charge in [0.1, 0.15) is 0 Å². The molecule has 0 aliphatic rings. The van der Waals surface area contributed by atoms with E-state index >= 15 is 0 Å². The number of halogens is 1. The van der Waals surface area contributed by atoms with Crippen LogP contribution in [0.3, 0.4) is 0 Å². The van der Waals surface area contributed by atoms with Crippen molar-refractivity contribution in [3.05, 3.63) is 86.6 Å². The van der Waals surface area contributed by atoms with Gasteiger partial charge in [0.25, 0.3) is 5.91 Å². The summed E-state index contributed by atoms with van der Waals surface area (Å²) in [5.41, 5.74) is 2.70. The molecule has 30 heavy (non-hydrogen) atoms. The van der Waals surface area contributed by atoms with Crippen LogP contribution in [0.5, 0.6) is 0 Å². The molecule has 0 radical (unpaired) electrons. The van der Waals surface area contributed by atoms with E-state index in [9.17, 15) is 14.4 Å². The van der Waals surface area contributed by atoms with Crippen molar-refractivity contribution >= 4 is 46.4 Å². The van der Waals surface area contributed by atoms with Gasteiger partial charge in [-0.05, 0) is 64.4 Å². The Bertz CT molecular complexity index is 1070. The van der Waals surface area contributed by atoms with Gasteiger partial charge in [0.15, 0.2) is 0 Å². The average Bonchev–Trinajstić information content (AvgIpc) is 3.24. The minimum absolute atomic E-state index is 0.156. The summed E-state index contributed by atoms with van der Waals surface area (Å²) in [6.07, 6.45) is 0.229. The molecule has 0 unspecified atom stereocenters. The number of rotatable bonds is 7. The zero-order valence-corrected chi connectivity index (χ0v) is 17.7. The lowest BCUT2D eigenvalue weighted by Crippen LogP contribution is -2.23. The lowest BCUT2D eigenvalue weighted by molar-refractivity contribution is -0.115. The highest BCUT2D eigenvalue weighted by atomic mass is 35.5. The summed E-state index contributed by atoms with van der Waals surface area (Å²) in [7, 11) is 1.28. The summed E-state index contributed by atoms with van der Waals surface area (Å²) < 4.78 is 4.79. The number of carbonyl (C=O) groups excluding carboxylic acids is 3. The monoisotopic (exact) mass is 442 g/mol. The molecule has 6 nitrogen and oxygen atoms in total. The minimum atomic E-state index is -0.536. The first-order chi connectivity index (χ1) is 14.4. The van der Waals surface area contributed by atoms with E-state index in [0.29, 0.717) is 21.8 Å². The molecule has 154 valence electrons. The summed E-state index contributed by atoms with van der Waals surface area (Å²) in [4.78, 5) is 36.7. The van der Waals surface area contributed by atoms with Crippen LogP contribution in [0.4, 0.5) is 5.69 Å². The van der Waals surface area contributed by atoms with Gasteiger partial charge in [-0.2, -0.15) is 11.3 Å². The third-order valence-corrected chi connectivity index (χ3v) is 5.15. The highest BCUT2D eigenvalue weighted by molar-refractivity contribution is 7.08. The molecule has 1 heterocycles. The van der Waals surface area contributed by atoms with Crippen molar-refractivity contribution in [2.45, 2.75) is 13.0 Å². The number of methoxy groups -OCH3 is 1. The van der Waals surface area contributed by atoms with Crippen LogP contribution in [0.2, 0.25) is 5.02 Å². The van der Waals surface area contributed by atoms with Gasteiger partial charge in [-0.1, -0.05) is 17.7 Å². The number of esters is 1. The molecule has 0 aliphatic carbocycles. The van der Waals surface area contributed by atoms with Crippen LogP contribution in [0.25, 0.3) is 0 Å². The smallest absolute Gasteiger partial charge is 0.337 e. The van der Waals surface area contributed by atoms with Crippen LogP contribution in [0.15, 0.2) is 59.3 Å². The van der Waals surface area contributed by atoms with E-state index in [-0.39, 0.29) is 30.3 Å². The van der Waals surface area contributed by atoms with Crippen molar-refractivity contribution in [3.8, 4) is 0 Å². The van der Waals surface area contributed by atoms with Crippen molar-refractivity contribution in [1.82, 2.24) is 5.32 Å². The van der Waals surface area contributed by atoms with Gasteiger partial charge in [-0.25, -0.2) is 4.79 Å². The average molecular weight is 443 g/mol. The Morgan fingerprint density at radius 2 is 1.87 bits per heavy atom. The van der Waals surface area contributed by atoms with Gasteiger partial charge in [0.05, 0.1) is 19.1 Å². The van der Waals surface area contributed by atoms with Crippen LogP contribution in [0.1, 0.15) is 31.8 Å². The quantitative estimate of drug-likeness (QED) is 0.534.